The van der Waals surface area contributed by atoms with Crippen molar-refractivity contribution in [2.75, 3.05) is 5.73 Å². The molecule has 9 nitrogen and oxygen atoms in total. The third-order valence-electron chi connectivity index (χ3n) is 4.07. The van der Waals surface area contributed by atoms with Crippen LogP contribution in [0, 0.1) is 12.3 Å². The maximum absolute atomic E-state index is 11.9. The monoisotopic (exact) mass is 319 g/mol. The Bertz CT molecular complexity index is 851. The molecule has 3 heterocycles. The Morgan fingerprint density at radius 2 is 2.35 bits per heavy atom. The number of nitrogen functional groups attached to an aromatic ring is 1. The van der Waals surface area contributed by atoms with Gasteiger partial charge in [-0.2, -0.15) is 4.98 Å². The molecule has 1 aliphatic heterocycles. The lowest BCUT2D eigenvalue weighted by atomic mass is 9.90. The second kappa shape index (κ2) is 5.07. The number of anilines is 1. The molecule has 122 valence electrons. The second-order valence-electron chi connectivity index (χ2n) is 5.63. The van der Waals surface area contributed by atoms with Crippen LogP contribution in [0.4, 0.5) is 5.95 Å². The number of H-pyrrole nitrogens is 1. The number of fused-ring (bicyclic) bond motifs is 1. The van der Waals surface area contributed by atoms with Crippen LogP contribution < -0.4 is 17.0 Å². The summed E-state index contributed by atoms with van der Waals surface area (Å²) >= 11 is 0. The van der Waals surface area contributed by atoms with Gasteiger partial charge in [-0.1, -0.05) is 5.92 Å². The molecule has 5 atom stereocenters. The van der Waals surface area contributed by atoms with Crippen LogP contribution in [-0.2, 0) is 4.74 Å². The molecule has 1 saturated heterocycles. The molecule has 1 fully saturated rings. The normalized spacial score (nSPS) is 32.0. The Morgan fingerprint density at radius 3 is 2.96 bits per heavy atom. The highest BCUT2D eigenvalue weighted by molar-refractivity contribution is 5.76. The van der Waals surface area contributed by atoms with E-state index in [1.807, 2.05) is 0 Å². The van der Waals surface area contributed by atoms with Crippen LogP contribution in [0.5, 0.6) is 0 Å². The minimum absolute atomic E-state index is 0.0728. The number of rotatable bonds is 2. The van der Waals surface area contributed by atoms with E-state index in [1.165, 1.54) is 23.8 Å². The van der Waals surface area contributed by atoms with Crippen molar-refractivity contribution in [3.8, 4) is 12.3 Å². The SMILES string of the molecule is C#CC1(N)[C@@H](O)[C@@H]([C@H](C)O)O[C@H]1n1ccc2c(=O)[nH]c(N)nc21. The summed E-state index contributed by atoms with van der Waals surface area (Å²) in [4.78, 5) is 18.4. The number of terminal acetylenes is 1. The third kappa shape index (κ3) is 2.12. The second-order valence-corrected chi connectivity index (χ2v) is 5.63. The Labute approximate surface area is 130 Å². The lowest BCUT2D eigenvalue weighted by Gasteiger charge is -2.28. The van der Waals surface area contributed by atoms with Gasteiger partial charge in [0, 0.05) is 6.20 Å². The molecule has 7 N–H and O–H groups in total. The number of aromatic nitrogens is 3. The van der Waals surface area contributed by atoms with Crippen LogP contribution in [0.3, 0.4) is 0 Å². The lowest BCUT2D eigenvalue weighted by molar-refractivity contribution is -0.0755. The molecule has 0 spiro atoms. The van der Waals surface area contributed by atoms with E-state index >= 15 is 0 Å². The van der Waals surface area contributed by atoms with Crippen molar-refractivity contribution in [2.24, 2.45) is 5.73 Å². The highest BCUT2D eigenvalue weighted by Gasteiger charge is 2.55. The maximum Gasteiger partial charge on any atom is 0.261 e. The van der Waals surface area contributed by atoms with Crippen molar-refractivity contribution in [3.63, 3.8) is 0 Å². The molecule has 0 aromatic carbocycles. The van der Waals surface area contributed by atoms with Gasteiger partial charge < -0.3 is 31.0 Å². The van der Waals surface area contributed by atoms with E-state index in [1.54, 1.807) is 0 Å². The average Bonchev–Trinajstić information content (AvgIpc) is 3.00. The Balaban J connectivity index is 2.18. The van der Waals surface area contributed by atoms with E-state index in [0.29, 0.717) is 0 Å². The number of aromatic amines is 1. The number of nitrogens with one attached hydrogen (secondary N) is 1. The molecule has 2 aromatic heterocycles. The van der Waals surface area contributed by atoms with E-state index < -0.39 is 35.6 Å². The molecule has 23 heavy (non-hydrogen) atoms. The minimum Gasteiger partial charge on any atom is -0.391 e. The molecule has 0 radical (unpaired) electrons. The first-order valence-corrected chi connectivity index (χ1v) is 6.94. The molecule has 9 heteroatoms. The average molecular weight is 319 g/mol. The van der Waals surface area contributed by atoms with Gasteiger partial charge in [-0.05, 0) is 13.0 Å². The fourth-order valence-electron chi connectivity index (χ4n) is 2.83. The van der Waals surface area contributed by atoms with Crippen molar-refractivity contribution >= 4 is 17.0 Å². The Kier molecular flexibility index (Phi) is 3.42. The molecular weight excluding hydrogens is 302 g/mol. The van der Waals surface area contributed by atoms with Crippen molar-refractivity contribution in [1.82, 2.24) is 14.5 Å². The highest BCUT2D eigenvalue weighted by atomic mass is 16.5. The number of hydrogen-bond acceptors (Lipinski definition) is 7. The number of nitrogens with two attached hydrogens (primary N) is 2. The number of nitrogens with zero attached hydrogens (tertiary/aromatic N) is 2. The van der Waals surface area contributed by atoms with Crippen LogP contribution in [0.1, 0.15) is 13.2 Å². The summed E-state index contributed by atoms with van der Waals surface area (Å²) in [5.74, 6) is 2.26. The molecule has 0 amide bonds. The first-order valence-electron chi connectivity index (χ1n) is 6.94. The van der Waals surface area contributed by atoms with Gasteiger partial charge in [-0.3, -0.25) is 9.78 Å². The van der Waals surface area contributed by atoms with Gasteiger partial charge in [0.25, 0.3) is 5.56 Å². The number of aliphatic hydroxyl groups excluding tert-OH is 2. The van der Waals surface area contributed by atoms with Crippen molar-refractivity contribution < 1.29 is 14.9 Å². The van der Waals surface area contributed by atoms with E-state index in [2.05, 4.69) is 15.9 Å². The largest absolute Gasteiger partial charge is 0.391 e. The van der Waals surface area contributed by atoms with Gasteiger partial charge in [-0.25, -0.2) is 0 Å². The van der Waals surface area contributed by atoms with Crippen LogP contribution in [-0.4, -0.2) is 48.6 Å². The first kappa shape index (κ1) is 15.5. The van der Waals surface area contributed by atoms with Crippen LogP contribution >= 0.6 is 0 Å². The molecule has 1 unspecified atom stereocenters. The Hall–Kier alpha value is -2.38. The zero-order valence-electron chi connectivity index (χ0n) is 12.3. The zero-order valence-corrected chi connectivity index (χ0v) is 12.3. The smallest absolute Gasteiger partial charge is 0.261 e. The first-order chi connectivity index (χ1) is 10.8. The van der Waals surface area contributed by atoms with Crippen LogP contribution in [0.2, 0.25) is 0 Å². The van der Waals surface area contributed by atoms with Gasteiger partial charge in [0.15, 0.2) is 17.4 Å². The fourth-order valence-corrected chi connectivity index (χ4v) is 2.83. The summed E-state index contributed by atoms with van der Waals surface area (Å²) in [5.41, 5.74) is 9.92. The van der Waals surface area contributed by atoms with Gasteiger partial charge in [-0.15, -0.1) is 6.42 Å². The van der Waals surface area contributed by atoms with Crippen LogP contribution in [0.25, 0.3) is 11.0 Å². The summed E-state index contributed by atoms with van der Waals surface area (Å²) in [5, 5.41) is 20.4. The maximum atomic E-state index is 11.9. The predicted octanol–water partition coefficient (Wildman–Crippen LogP) is -1.72. The third-order valence-corrected chi connectivity index (χ3v) is 4.07. The molecule has 2 aromatic rings. The van der Waals surface area contributed by atoms with E-state index in [4.69, 9.17) is 22.6 Å². The molecule has 1 aliphatic rings. The minimum atomic E-state index is -1.60. The van der Waals surface area contributed by atoms with E-state index in [9.17, 15) is 15.0 Å². The van der Waals surface area contributed by atoms with Crippen molar-refractivity contribution in [1.29, 1.82) is 0 Å². The lowest BCUT2D eigenvalue weighted by Crippen LogP contribution is -2.54. The van der Waals surface area contributed by atoms with E-state index in [-0.39, 0.29) is 17.0 Å². The van der Waals surface area contributed by atoms with Crippen molar-refractivity contribution in [2.45, 2.75) is 37.0 Å². The van der Waals surface area contributed by atoms with Gasteiger partial charge in [0.05, 0.1) is 11.5 Å². The van der Waals surface area contributed by atoms with Crippen LogP contribution in [0.15, 0.2) is 17.1 Å². The quantitative estimate of drug-likeness (QED) is 0.413. The summed E-state index contributed by atoms with van der Waals surface area (Å²) in [6.07, 6.45) is 2.74. The fraction of sp³-hybridized carbons (Fsp3) is 0.429. The van der Waals surface area contributed by atoms with Gasteiger partial charge in [0.1, 0.15) is 12.2 Å². The molecule has 3 rings (SSSR count). The summed E-state index contributed by atoms with van der Waals surface area (Å²) < 4.78 is 7.11. The Morgan fingerprint density at radius 1 is 1.65 bits per heavy atom. The van der Waals surface area contributed by atoms with Gasteiger partial charge in [0.2, 0.25) is 5.95 Å². The zero-order chi connectivity index (χ0) is 16.9. The number of ether oxygens (including phenoxy) is 1. The predicted molar refractivity (Wildman–Crippen MR) is 82.1 cm³/mol. The van der Waals surface area contributed by atoms with Crippen molar-refractivity contribution in [3.05, 3.63) is 22.6 Å². The molecule has 0 bridgehead atoms. The van der Waals surface area contributed by atoms with Gasteiger partial charge >= 0.3 is 0 Å². The summed E-state index contributed by atoms with van der Waals surface area (Å²) in [7, 11) is 0. The molecule has 0 saturated carbocycles. The summed E-state index contributed by atoms with van der Waals surface area (Å²) in [6, 6.07) is 1.52. The van der Waals surface area contributed by atoms with E-state index in [0.717, 1.165) is 0 Å². The topological polar surface area (TPSA) is 152 Å². The molecule has 0 aliphatic carbocycles. The number of hydrogen-bond donors (Lipinski definition) is 5. The highest BCUT2D eigenvalue weighted by Crippen LogP contribution is 2.38. The standard InChI is InChI=1S/C14H17N5O4/c1-3-14(16)9(21)8(6(2)20)23-12(14)19-5-4-7-10(19)17-13(15)18-11(7)22/h1,4-6,8-9,12,20-21H,16H2,2H3,(H3,15,17,18,22)/t6-,8+,9-,12+,14?/m0/s1. The molecular formula is C14H17N5O4. The number of aliphatic hydroxyl groups is 2. The summed E-state index contributed by atoms with van der Waals surface area (Å²) in [6.45, 7) is 1.46.